The first-order valence-corrected chi connectivity index (χ1v) is 6.88. The zero-order valence-corrected chi connectivity index (χ0v) is 12.4. The van der Waals surface area contributed by atoms with Gasteiger partial charge in [-0.05, 0) is 5.56 Å². The van der Waals surface area contributed by atoms with Crippen LogP contribution < -0.4 is 21.9 Å². The second kappa shape index (κ2) is 7.21. The third-order valence-corrected chi connectivity index (χ3v) is 3.19. The number of aromatic amines is 2. The minimum absolute atomic E-state index is 0.103. The fraction of sp³-hybridized carbons (Fsp3) is 0.200. The van der Waals surface area contributed by atoms with E-state index in [1.165, 1.54) is 13.2 Å². The van der Waals surface area contributed by atoms with Crippen molar-refractivity contribution in [2.45, 2.75) is 12.5 Å². The molecule has 0 saturated carbocycles. The summed E-state index contributed by atoms with van der Waals surface area (Å²) in [6.45, 7) is 0. The average Bonchev–Trinajstić information content (AvgIpc) is 2.55. The van der Waals surface area contributed by atoms with Gasteiger partial charge in [0.2, 0.25) is 11.8 Å². The molecule has 1 atom stereocenters. The van der Waals surface area contributed by atoms with Crippen LogP contribution in [0.3, 0.4) is 0 Å². The minimum Gasteiger partial charge on any atom is -0.357 e. The Kier molecular flexibility index (Phi) is 5.08. The molecular weight excluding hydrogens is 300 g/mol. The third-order valence-electron chi connectivity index (χ3n) is 3.19. The Labute approximate surface area is 130 Å². The fourth-order valence-corrected chi connectivity index (χ4v) is 2.04. The number of H-pyrrole nitrogens is 2. The van der Waals surface area contributed by atoms with Crippen molar-refractivity contribution < 1.29 is 9.59 Å². The van der Waals surface area contributed by atoms with Crippen molar-refractivity contribution in [3.8, 4) is 0 Å². The zero-order chi connectivity index (χ0) is 16.8. The maximum absolute atomic E-state index is 12.1. The third kappa shape index (κ3) is 4.16. The number of hydrogen-bond acceptors (Lipinski definition) is 4. The average molecular weight is 316 g/mol. The van der Waals surface area contributed by atoms with E-state index >= 15 is 0 Å². The Morgan fingerprint density at radius 1 is 1.17 bits per heavy atom. The highest BCUT2D eigenvalue weighted by Gasteiger charge is 2.22. The Hall–Kier alpha value is -3.16. The number of rotatable bonds is 5. The molecule has 2 rings (SSSR count). The molecule has 8 nitrogen and oxygen atoms in total. The van der Waals surface area contributed by atoms with Crippen molar-refractivity contribution in [1.29, 1.82) is 0 Å². The van der Waals surface area contributed by atoms with Crippen molar-refractivity contribution in [3.05, 3.63) is 68.5 Å². The minimum atomic E-state index is -0.865. The van der Waals surface area contributed by atoms with Crippen LogP contribution in [0, 0.1) is 0 Å². The van der Waals surface area contributed by atoms with Crippen LogP contribution in [-0.4, -0.2) is 28.8 Å². The van der Waals surface area contributed by atoms with E-state index in [2.05, 4.69) is 15.6 Å². The normalized spacial score (nSPS) is 11.5. The quantitative estimate of drug-likeness (QED) is 0.577. The van der Waals surface area contributed by atoms with E-state index in [-0.39, 0.29) is 17.9 Å². The molecule has 0 aliphatic carbocycles. The number of likely N-dealkylation sites (N-methyl/N-ethyl adjacent to an activating group) is 1. The molecule has 2 amide bonds. The summed E-state index contributed by atoms with van der Waals surface area (Å²) in [7, 11) is 1.47. The Balaban J connectivity index is 2.16. The molecule has 0 aliphatic rings. The number of nitrogens with one attached hydrogen (secondary N) is 4. The maximum Gasteiger partial charge on any atom is 0.325 e. The molecule has 1 unspecified atom stereocenters. The number of aromatic nitrogens is 2. The summed E-state index contributed by atoms with van der Waals surface area (Å²) in [6, 6.07) is 7.87. The molecule has 0 radical (unpaired) electrons. The van der Waals surface area contributed by atoms with E-state index in [9.17, 15) is 19.2 Å². The summed E-state index contributed by atoms with van der Waals surface area (Å²) in [5, 5.41) is 5.06. The van der Waals surface area contributed by atoms with Gasteiger partial charge in [-0.2, -0.15) is 0 Å². The van der Waals surface area contributed by atoms with Crippen molar-refractivity contribution in [3.63, 3.8) is 0 Å². The van der Waals surface area contributed by atoms with Crippen molar-refractivity contribution in [2.75, 3.05) is 7.05 Å². The molecule has 8 heteroatoms. The van der Waals surface area contributed by atoms with E-state index in [0.29, 0.717) is 5.56 Å². The fourth-order valence-electron chi connectivity index (χ4n) is 2.04. The largest absolute Gasteiger partial charge is 0.357 e. The summed E-state index contributed by atoms with van der Waals surface area (Å²) >= 11 is 0. The molecular formula is C15H16N4O4. The summed E-state index contributed by atoms with van der Waals surface area (Å²) in [5.41, 5.74) is -0.562. The highest BCUT2D eigenvalue weighted by atomic mass is 16.2. The molecule has 0 bridgehead atoms. The summed E-state index contributed by atoms with van der Waals surface area (Å²) in [6.07, 6.45) is 0.921. The summed E-state index contributed by atoms with van der Waals surface area (Å²) in [5.74, 6) is -0.889. The van der Waals surface area contributed by atoms with Gasteiger partial charge in [-0.15, -0.1) is 0 Å². The topological polar surface area (TPSA) is 124 Å². The first-order chi connectivity index (χ1) is 11.0. The molecule has 1 heterocycles. The smallest absolute Gasteiger partial charge is 0.325 e. The van der Waals surface area contributed by atoms with E-state index in [0.717, 1.165) is 0 Å². The van der Waals surface area contributed by atoms with Gasteiger partial charge in [0, 0.05) is 18.8 Å². The molecule has 0 saturated heterocycles. The van der Waals surface area contributed by atoms with Crippen LogP contribution >= 0.6 is 0 Å². The second-order valence-corrected chi connectivity index (χ2v) is 4.80. The van der Waals surface area contributed by atoms with Crippen molar-refractivity contribution in [2.24, 2.45) is 0 Å². The molecule has 4 N–H and O–H groups in total. The number of carbonyl (C=O) groups excluding carboxylic acids is 2. The zero-order valence-electron chi connectivity index (χ0n) is 12.4. The van der Waals surface area contributed by atoms with E-state index in [1.54, 1.807) is 30.3 Å². The highest BCUT2D eigenvalue weighted by molar-refractivity contribution is 5.89. The van der Waals surface area contributed by atoms with Crippen LogP contribution in [0.25, 0.3) is 0 Å². The van der Waals surface area contributed by atoms with E-state index < -0.39 is 23.2 Å². The lowest BCUT2D eigenvalue weighted by molar-refractivity contribution is -0.128. The van der Waals surface area contributed by atoms with Gasteiger partial charge in [-0.3, -0.25) is 19.4 Å². The number of benzene rings is 1. The van der Waals surface area contributed by atoms with Crippen LogP contribution in [0.5, 0.6) is 0 Å². The molecule has 0 spiro atoms. The monoisotopic (exact) mass is 316 g/mol. The van der Waals surface area contributed by atoms with Crippen LogP contribution in [-0.2, 0) is 16.0 Å². The first kappa shape index (κ1) is 16.2. The second-order valence-electron chi connectivity index (χ2n) is 4.80. The first-order valence-electron chi connectivity index (χ1n) is 6.88. The lowest BCUT2D eigenvalue weighted by atomic mass is 10.1. The van der Waals surface area contributed by atoms with Gasteiger partial charge >= 0.3 is 5.69 Å². The molecule has 1 aromatic heterocycles. The lowest BCUT2D eigenvalue weighted by Crippen LogP contribution is -2.40. The van der Waals surface area contributed by atoms with Crippen LogP contribution in [0.1, 0.15) is 17.2 Å². The summed E-state index contributed by atoms with van der Waals surface area (Å²) < 4.78 is 0. The Morgan fingerprint density at radius 2 is 1.87 bits per heavy atom. The molecule has 1 aromatic carbocycles. The predicted molar refractivity (Wildman–Crippen MR) is 82.8 cm³/mol. The molecule has 23 heavy (non-hydrogen) atoms. The van der Waals surface area contributed by atoms with E-state index in [4.69, 9.17) is 0 Å². The SMILES string of the molecule is CNC(=O)C(NC(=O)Cc1c[nH]c(=O)[nH]c1=O)c1ccccc1. The molecule has 2 aromatic rings. The highest BCUT2D eigenvalue weighted by Crippen LogP contribution is 2.12. The van der Waals surface area contributed by atoms with Crippen LogP contribution in [0.15, 0.2) is 46.1 Å². The van der Waals surface area contributed by atoms with Gasteiger partial charge in [-0.1, -0.05) is 30.3 Å². The van der Waals surface area contributed by atoms with Gasteiger partial charge in [0.25, 0.3) is 5.56 Å². The number of hydrogen-bond donors (Lipinski definition) is 4. The maximum atomic E-state index is 12.1. The summed E-state index contributed by atoms with van der Waals surface area (Å²) in [4.78, 5) is 51.0. The van der Waals surface area contributed by atoms with Gasteiger partial charge < -0.3 is 15.6 Å². The van der Waals surface area contributed by atoms with Crippen LogP contribution in [0.2, 0.25) is 0 Å². The van der Waals surface area contributed by atoms with E-state index in [1.807, 2.05) is 4.98 Å². The van der Waals surface area contributed by atoms with Crippen molar-refractivity contribution in [1.82, 2.24) is 20.6 Å². The van der Waals surface area contributed by atoms with Gasteiger partial charge in [0.1, 0.15) is 6.04 Å². The Bertz CT molecular complexity index is 810. The van der Waals surface area contributed by atoms with Crippen molar-refractivity contribution >= 4 is 11.8 Å². The number of carbonyl (C=O) groups is 2. The molecule has 0 aliphatic heterocycles. The predicted octanol–water partition coefficient (Wildman–Crippen LogP) is -0.791. The standard InChI is InChI=1S/C15H16N4O4/c1-16-14(22)12(9-5-3-2-4-6-9)18-11(20)7-10-8-17-15(23)19-13(10)21/h2-6,8,12H,7H2,1H3,(H,16,22)(H,18,20)(H2,17,19,21,23). The van der Waals surface area contributed by atoms with Gasteiger partial charge in [0.05, 0.1) is 6.42 Å². The lowest BCUT2D eigenvalue weighted by Gasteiger charge is -2.17. The molecule has 120 valence electrons. The van der Waals surface area contributed by atoms with Crippen LogP contribution in [0.4, 0.5) is 0 Å². The van der Waals surface area contributed by atoms with Gasteiger partial charge in [0.15, 0.2) is 0 Å². The number of amides is 2. The molecule has 0 fully saturated rings. The Morgan fingerprint density at radius 3 is 2.48 bits per heavy atom. The van der Waals surface area contributed by atoms with Gasteiger partial charge in [-0.25, -0.2) is 4.79 Å².